The first-order chi connectivity index (χ1) is 20.8. The molecule has 0 spiro atoms. The molecule has 7 aromatic rings. The molecule has 5 heteroatoms. The van der Waals surface area contributed by atoms with Gasteiger partial charge in [0.05, 0.1) is 0 Å². The number of aromatic nitrogens is 5. The van der Waals surface area contributed by atoms with Gasteiger partial charge in [0.2, 0.25) is 0 Å². The van der Waals surface area contributed by atoms with Crippen LogP contribution in [0, 0.1) is 0 Å². The van der Waals surface area contributed by atoms with Gasteiger partial charge in [0.15, 0.2) is 0 Å². The van der Waals surface area contributed by atoms with Crippen LogP contribution in [0.3, 0.4) is 0 Å². The number of hydrogen-bond acceptors (Lipinski definition) is 5. The highest BCUT2D eigenvalue weighted by molar-refractivity contribution is 5.84. The predicted octanol–water partition coefficient (Wildman–Crippen LogP) is 8.66. The minimum absolute atomic E-state index is 1.03. The number of pyridine rings is 5. The molecule has 0 aliphatic carbocycles. The molecular formula is C37H25N5. The van der Waals surface area contributed by atoms with E-state index in [0.29, 0.717) is 0 Å². The molecule has 42 heavy (non-hydrogen) atoms. The van der Waals surface area contributed by atoms with E-state index in [9.17, 15) is 0 Å². The van der Waals surface area contributed by atoms with Gasteiger partial charge in [0, 0.05) is 95.3 Å². The summed E-state index contributed by atoms with van der Waals surface area (Å²) in [6.45, 7) is 0. The Morgan fingerprint density at radius 2 is 0.476 bits per heavy atom. The van der Waals surface area contributed by atoms with Crippen LogP contribution in [0.1, 0.15) is 0 Å². The number of benzene rings is 2. The Kier molecular flexibility index (Phi) is 6.81. The van der Waals surface area contributed by atoms with Gasteiger partial charge in [-0.2, -0.15) is 0 Å². The number of hydrogen-bond donors (Lipinski definition) is 0. The van der Waals surface area contributed by atoms with Gasteiger partial charge in [-0.05, 0) is 100 Å². The van der Waals surface area contributed by atoms with E-state index in [1.165, 1.54) is 0 Å². The second-order valence-electron chi connectivity index (χ2n) is 10.0. The molecule has 5 aromatic heterocycles. The highest BCUT2D eigenvalue weighted by Gasteiger charge is 2.12. The van der Waals surface area contributed by atoms with Crippen molar-refractivity contribution in [2.75, 3.05) is 0 Å². The van der Waals surface area contributed by atoms with Crippen molar-refractivity contribution in [3.63, 3.8) is 0 Å². The molecule has 0 N–H and O–H groups in total. The minimum Gasteiger partial charge on any atom is -0.264 e. The molecule has 0 saturated heterocycles. The van der Waals surface area contributed by atoms with E-state index in [-0.39, 0.29) is 0 Å². The molecule has 0 saturated carbocycles. The van der Waals surface area contributed by atoms with E-state index in [0.717, 1.165) is 66.8 Å². The van der Waals surface area contributed by atoms with Gasteiger partial charge >= 0.3 is 0 Å². The van der Waals surface area contributed by atoms with Crippen LogP contribution >= 0.6 is 0 Å². The number of rotatable bonds is 6. The summed E-state index contributed by atoms with van der Waals surface area (Å²) >= 11 is 0. The Bertz CT molecular complexity index is 1700. The Balaban J connectivity index is 1.37. The maximum Gasteiger partial charge on any atom is 0.0346 e. The van der Waals surface area contributed by atoms with Crippen molar-refractivity contribution in [2.45, 2.75) is 0 Å². The molecule has 0 aliphatic rings. The number of nitrogens with zero attached hydrogens (tertiary/aromatic N) is 5. The van der Waals surface area contributed by atoms with Gasteiger partial charge in [0.25, 0.3) is 0 Å². The third kappa shape index (κ3) is 5.31. The summed E-state index contributed by atoms with van der Waals surface area (Å²) in [6.07, 6.45) is 18.6. The molecule has 0 unspecified atom stereocenters. The Labute approximate surface area is 244 Å². The molecule has 0 atom stereocenters. The van der Waals surface area contributed by atoms with Crippen molar-refractivity contribution in [3.05, 3.63) is 153 Å². The fourth-order valence-electron chi connectivity index (χ4n) is 5.14. The molecule has 0 bridgehead atoms. The minimum atomic E-state index is 1.03. The molecular weight excluding hydrogens is 514 g/mol. The Morgan fingerprint density at radius 3 is 0.738 bits per heavy atom. The van der Waals surface area contributed by atoms with Crippen LogP contribution in [-0.2, 0) is 0 Å². The highest BCUT2D eigenvalue weighted by atomic mass is 14.6. The van der Waals surface area contributed by atoms with E-state index < -0.39 is 0 Å². The van der Waals surface area contributed by atoms with Gasteiger partial charge in [-0.25, -0.2) is 0 Å². The van der Waals surface area contributed by atoms with Crippen molar-refractivity contribution in [2.24, 2.45) is 0 Å². The zero-order chi connectivity index (χ0) is 28.1. The molecule has 7 rings (SSSR count). The summed E-state index contributed by atoms with van der Waals surface area (Å²) in [7, 11) is 0. The first kappa shape index (κ1) is 25.2. The van der Waals surface area contributed by atoms with Crippen molar-refractivity contribution in [1.82, 2.24) is 24.9 Å². The molecule has 0 aliphatic heterocycles. The standard InChI is InChI=1S/C37H25N5/c1-5-26(20-38-9-1)30-13-31(27-6-2-10-39-21-27)16-34(15-30)36-19-37(25-42-24-36)35-17-32(28-7-3-11-40-22-28)14-33(18-35)29-8-4-12-41-23-29/h1-25H. The Hall–Kier alpha value is -5.81. The van der Waals surface area contributed by atoms with Crippen molar-refractivity contribution < 1.29 is 0 Å². The first-order valence-corrected chi connectivity index (χ1v) is 13.7. The summed E-state index contributed by atoms with van der Waals surface area (Å²) in [5.74, 6) is 0. The predicted molar refractivity (Wildman–Crippen MR) is 168 cm³/mol. The van der Waals surface area contributed by atoms with E-state index in [1.54, 1.807) is 24.8 Å². The normalized spacial score (nSPS) is 10.9. The molecule has 198 valence electrons. The fourth-order valence-corrected chi connectivity index (χ4v) is 5.14. The van der Waals surface area contributed by atoms with Crippen molar-refractivity contribution in [3.8, 4) is 66.8 Å². The summed E-state index contributed by atoms with van der Waals surface area (Å²) in [5, 5.41) is 0. The largest absolute Gasteiger partial charge is 0.264 e. The third-order valence-electron chi connectivity index (χ3n) is 7.25. The quantitative estimate of drug-likeness (QED) is 0.212. The van der Waals surface area contributed by atoms with Crippen molar-refractivity contribution in [1.29, 1.82) is 0 Å². The topological polar surface area (TPSA) is 64.5 Å². The van der Waals surface area contributed by atoms with Gasteiger partial charge in [-0.3, -0.25) is 24.9 Å². The second kappa shape index (κ2) is 11.4. The van der Waals surface area contributed by atoms with Gasteiger partial charge < -0.3 is 0 Å². The van der Waals surface area contributed by atoms with Crippen LogP contribution in [0.15, 0.2) is 153 Å². The van der Waals surface area contributed by atoms with E-state index in [4.69, 9.17) is 4.98 Å². The maximum absolute atomic E-state index is 4.70. The molecule has 5 heterocycles. The molecule has 0 radical (unpaired) electrons. The molecule has 2 aromatic carbocycles. The van der Waals surface area contributed by atoms with Crippen LogP contribution in [-0.4, -0.2) is 24.9 Å². The highest BCUT2D eigenvalue weighted by Crippen LogP contribution is 2.36. The Morgan fingerprint density at radius 1 is 0.238 bits per heavy atom. The van der Waals surface area contributed by atoms with Crippen LogP contribution in [0.25, 0.3) is 66.8 Å². The van der Waals surface area contributed by atoms with E-state index in [1.807, 2.05) is 61.4 Å². The van der Waals surface area contributed by atoms with E-state index >= 15 is 0 Å². The lowest BCUT2D eigenvalue weighted by Gasteiger charge is -2.13. The monoisotopic (exact) mass is 539 g/mol. The van der Waals surface area contributed by atoms with Gasteiger partial charge in [-0.1, -0.05) is 24.3 Å². The fraction of sp³-hybridized carbons (Fsp3) is 0. The summed E-state index contributed by atoms with van der Waals surface area (Å²) in [4.78, 5) is 22.1. The lowest BCUT2D eigenvalue weighted by molar-refractivity contribution is 1.31. The zero-order valence-electron chi connectivity index (χ0n) is 22.7. The van der Waals surface area contributed by atoms with Gasteiger partial charge in [0.1, 0.15) is 0 Å². The average molecular weight is 540 g/mol. The van der Waals surface area contributed by atoms with Crippen LogP contribution in [0.4, 0.5) is 0 Å². The molecule has 5 nitrogen and oxygen atoms in total. The van der Waals surface area contributed by atoms with Crippen LogP contribution < -0.4 is 0 Å². The maximum atomic E-state index is 4.70. The SMILES string of the molecule is c1cncc(-c2cc(-c3cccnc3)cc(-c3cncc(-c4cc(-c5cccnc5)cc(-c5cccnc5)c4)c3)c2)c1. The van der Waals surface area contributed by atoms with Crippen LogP contribution in [0.2, 0.25) is 0 Å². The first-order valence-electron chi connectivity index (χ1n) is 13.7. The molecule has 0 amide bonds. The van der Waals surface area contributed by atoms with E-state index in [2.05, 4.69) is 86.7 Å². The summed E-state index contributed by atoms with van der Waals surface area (Å²) in [5.41, 5.74) is 12.8. The lowest BCUT2D eigenvalue weighted by atomic mass is 9.92. The van der Waals surface area contributed by atoms with Crippen LogP contribution in [0.5, 0.6) is 0 Å². The molecule has 0 fully saturated rings. The summed E-state index contributed by atoms with van der Waals surface area (Å²) in [6, 6.07) is 31.5. The summed E-state index contributed by atoms with van der Waals surface area (Å²) < 4.78 is 0. The van der Waals surface area contributed by atoms with Gasteiger partial charge in [-0.15, -0.1) is 0 Å². The third-order valence-corrected chi connectivity index (χ3v) is 7.25. The zero-order valence-corrected chi connectivity index (χ0v) is 22.7. The average Bonchev–Trinajstić information content (AvgIpc) is 3.09. The second-order valence-corrected chi connectivity index (χ2v) is 10.0. The smallest absolute Gasteiger partial charge is 0.0346 e. The van der Waals surface area contributed by atoms with Crippen molar-refractivity contribution >= 4 is 0 Å². The lowest BCUT2D eigenvalue weighted by Crippen LogP contribution is -1.90.